The van der Waals surface area contributed by atoms with Gasteiger partial charge in [-0.15, -0.1) is 11.3 Å². The lowest BCUT2D eigenvalue weighted by molar-refractivity contribution is -0.123. The van der Waals surface area contributed by atoms with E-state index >= 15 is 0 Å². The first-order chi connectivity index (χ1) is 10.9. The van der Waals surface area contributed by atoms with Crippen molar-refractivity contribution in [3.8, 4) is 5.75 Å². The highest BCUT2D eigenvalue weighted by atomic mass is 35.5. The first kappa shape index (κ1) is 17.8. The molecule has 0 unspecified atom stereocenters. The van der Waals surface area contributed by atoms with Gasteiger partial charge in [0.25, 0.3) is 5.91 Å². The van der Waals surface area contributed by atoms with E-state index in [0.717, 1.165) is 21.8 Å². The summed E-state index contributed by atoms with van der Waals surface area (Å²) in [6.07, 6.45) is 0. The van der Waals surface area contributed by atoms with E-state index in [-0.39, 0.29) is 18.4 Å². The van der Waals surface area contributed by atoms with Gasteiger partial charge in [0.1, 0.15) is 5.75 Å². The van der Waals surface area contributed by atoms with Crippen LogP contribution in [-0.2, 0) is 11.3 Å². The van der Waals surface area contributed by atoms with Crippen LogP contribution in [0.4, 0.5) is 0 Å². The molecule has 0 atom stereocenters. The zero-order valence-electron chi connectivity index (χ0n) is 13.8. The number of carbonyl (C=O) groups is 1. The molecule has 0 spiro atoms. The summed E-state index contributed by atoms with van der Waals surface area (Å²) >= 11 is 7.74. The number of amides is 1. The second kappa shape index (κ2) is 7.79. The SMILES string of the molecule is Cc1nc(CNC(=O)COc2cc(C)c(Cl)cc2C(C)C)cs1. The van der Waals surface area contributed by atoms with Crippen molar-refractivity contribution in [3.05, 3.63) is 44.4 Å². The molecule has 1 N–H and O–H groups in total. The van der Waals surface area contributed by atoms with Gasteiger partial charge >= 0.3 is 0 Å². The van der Waals surface area contributed by atoms with Crippen LogP contribution in [0.25, 0.3) is 0 Å². The van der Waals surface area contributed by atoms with Gasteiger partial charge in [-0.25, -0.2) is 4.98 Å². The fourth-order valence-corrected chi connectivity index (χ4v) is 2.90. The number of carbonyl (C=O) groups excluding carboxylic acids is 1. The monoisotopic (exact) mass is 352 g/mol. The van der Waals surface area contributed by atoms with Crippen LogP contribution in [0.15, 0.2) is 17.5 Å². The third-order valence-electron chi connectivity index (χ3n) is 3.41. The first-order valence-electron chi connectivity index (χ1n) is 7.47. The predicted octanol–water partition coefficient (Wildman–Crippen LogP) is 4.23. The lowest BCUT2D eigenvalue weighted by Crippen LogP contribution is -2.28. The Morgan fingerprint density at radius 2 is 2.13 bits per heavy atom. The zero-order valence-corrected chi connectivity index (χ0v) is 15.3. The molecule has 0 aliphatic heterocycles. The third kappa shape index (κ3) is 4.94. The maximum absolute atomic E-state index is 11.9. The van der Waals surface area contributed by atoms with E-state index in [1.54, 1.807) is 11.3 Å². The van der Waals surface area contributed by atoms with Crippen LogP contribution >= 0.6 is 22.9 Å². The summed E-state index contributed by atoms with van der Waals surface area (Å²) in [4.78, 5) is 16.3. The zero-order chi connectivity index (χ0) is 17.0. The molecular formula is C17H21ClN2O2S. The number of benzene rings is 1. The average molecular weight is 353 g/mol. The molecule has 0 aliphatic rings. The molecule has 0 aliphatic carbocycles. The van der Waals surface area contributed by atoms with E-state index in [0.29, 0.717) is 17.3 Å². The maximum Gasteiger partial charge on any atom is 0.258 e. The number of nitrogens with zero attached hydrogens (tertiary/aromatic N) is 1. The number of halogens is 1. The van der Waals surface area contributed by atoms with Crippen LogP contribution in [0.1, 0.15) is 41.6 Å². The number of rotatable bonds is 6. The normalized spacial score (nSPS) is 10.9. The van der Waals surface area contributed by atoms with Crippen molar-refractivity contribution in [3.63, 3.8) is 0 Å². The summed E-state index contributed by atoms with van der Waals surface area (Å²) in [5.74, 6) is 0.809. The molecule has 23 heavy (non-hydrogen) atoms. The molecule has 1 aromatic heterocycles. The van der Waals surface area contributed by atoms with Gasteiger partial charge in [0, 0.05) is 10.4 Å². The van der Waals surface area contributed by atoms with E-state index in [9.17, 15) is 4.79 Å². The van der Waals surface area contributed by atoms with Crippen molar-refractivity contribution < 1.29 is 9.53 Å². The summed E-state index contributed by atoms with van der Waals surface area (Å²) in [5, 5.41) is 6.45. The first-order valence-corrected chi connectivity index (χ1v) is 8.73. The molecule has 6 heteroatoms. The molecule has 0 radical (unpaired) electrons. The van der Waals surface area contributed by atoms with Crippen LogP contribution < -0.4 is 10.1 Å². The molecule has 1 aromatic carbocycles. The highest BCUT2D eigenvalue weighted by molar-refractivity contribution is 7.09. The molecule has 1 amide bonds. The van der Waals surface area contributed by atoms with E-state index in [2.05, 4.69) is 24.1 Å². The average Bonchev–Trinajstić information content (AvgIpc) is 2.91. The number of hydrogen-bond donors (Lipinski definition) is 1. The van der Waals surface area contributed by atoms with E-state index in [1.807, 2.05) is 31.4 Å². The van der Waals surface area contributed by atoms with Gasteiger partial charge in [0.15, 0.2) is 6.61 Å². The number of aryl methyl sites for hydroxylation is 2. The molecule has 0 saturated heterocycles. The van der Waals surface area contributed by atoms with Gasteiger partial charge in [-0.2, -0.15) is 0 Å². The quantitative estimate of drug-likeness (QED) is 0.846. The minimum atomic E-state index is -0.169. The fraction of sp³-hybridized carbons (Fsp3) is 0.412. The second-order valence-electron chi connectivity index (χ2n) is 5.72. The third-order valence-corrected chi connectivity index (χ3v) is 4.63. The largest absolute Gasteiger partial charge is 0.483 e. The molecule has 4 nitrogen and oxygen atoms in total. The Bertz CT molecular complexity index is 698. The Morgan fingerprint density at radius 3 is 2.74 bits per heavy atom. The van der Waals surface area contributed by atoms with Gasteiger partial charge in [-0.1, -0.05) is 25.4 Å². The second-order valence-corrected chi connectivity index (χ2v) is 7.19. The molecule has 2 aromatic rings. The van der Waals surface area contributed by atoms with Crippen LogP contribution in [0.2, 0.25) is 5.02 Å². The lowest BCUT2D eigenvalue weighted by Gasteiger charge is -2.15. The number of aromatic nitrogens is 1. The smallest absolute Gasteiger partial charge is 0.258 e. The van der Waals surface area contributed by atoms with Crippen molar-refractivity contribution in [1.29, 1.82) is 0 Å². The van der Waals surface area contributed by atoms with E-state index in [4.69, 9.17) is 16.3 Å². The summed E-state index contributed by atoms with van der Waals surface area (Å²) in [7, 11) is 0. The van der Waals surface area contributed by atoms with Gasteiger partial charge in [-0.3, -0.25) is 4.79 Å². The Morgan fingerprint density at radius 1 is 1.39 bits per heavy atom. The highest BCUT2D eigenvalue weighted by Crippen LogP contribution is 2.31. The predicted molar refractivity (Wildman–Crippen MR) is 94.5 cm³/mol. The van der Waals surface area contributed by atoms with Crippen LogP contribution in [0.3, 0.4) is 0 Å². The van der Waals surface area contributed by atoms with Gasteiger partial charge in [0.05, 0.1) is 17.2 Å². The Kier molecular flexibility index (Phi) is 6.02. The summed E-state index contributed by atoms with van der Waals surface area (Å²) in [5.41, 5.74) is 2.80. The van der Waals surface area contributed by atoms with Gasteiger partial charge in [-0.05, 0) is 43.0 Å². The Balaban J connectivity index is 1.94. The van der Waals surface area contributed by atoms with Crippen molar-refractivity contribution in [2.75, 3.05) is 6.61 Å². The van der Waals surface area contributed by atoms with Crippen molar-refractivity contribution >= 4 is 28.8 Å². The number of nitrogens with one attached hydrogen (secondary N) is 1. The van der Waals surface area contributed by atoms with E-state index in [1.165, 1.54) is 0 Å². The topological polar surface area (TPSA) is 51.2 Å². The summed E-state index contributed by atoms with van der Waals surface area (Å²) in [6, 6.07) is 3.79. The highest BCUT2D eigenvalue weighted by Gasteiger charge is 2.13. The lowest BCUT2D eigenvalue weighted by atomic mass is 10.0. The molecular weight excluding hydrogens is 332 g/mol. The van der Waals surface area contributed by atoms with Crippen LogP contribution in [0.5, 0.6) is 5.75 Å². The molecule has 124 valence electrons. The summed E-state index contributed by atoms with van der Waals surface area (Å²) in [6.45, 7) is 8.39. The Hall–Kier alpha value is -1.59. The Labute approximate surface area is 145 Å². The summed E-state index contributed by atoms with van der Waals surface area (Å²) < 4.78 is 5.70. The van der Waals surface area contributed by atoms with Gasteiger partial charge in [0.2, 0.25) is 0 Å². The molecule has 0 bridgehead atoms. The van der Waals surface area contributed by atoms with Crippen LogP contribution in [-0.4, -0.2) is 17.5 Å². The van der Waals surface area contributed by atoms with Crippen molar-refractivity contribution in [2.45, 2.75) is 40.2 Å². The number of hydrogen-bond acceptors (Lipinski definition) is 4. The molecule has 0 saturated carbocycles. The minimum absolute atomic E-state index is 0.0239. The van der Waals surface area contributed by atoms with E-state index < -0.39 is 0 Å². The maximum atomic E-state index is 11.9. The van der Waals surface area contributed by atoms with Crippen molar-refractivity contribution in [2.24, 2.45) is 0 Å². The standard InChI is InChI=1S/C17H21ClN2O2S/c1-10(2)14-6-15(18)11(3)5-16(14)22-8-17(21)19-7-13-9-23-12(4)20-13/h5-6,9-10H,7-8H2,1-4H3,(H,19,21). The fourth-order valence-electron chi connectivity index (χ4n) is 2.12. The van der Waals surface area contributed by atoms with Gasteiger partial charge < -0.3 is 10.1 Å². The number of thiazole rings is 1. The number of ether oxygens (including phenoxy) is 1. The molecule has 0 fully saturated rings. The molecule has 1 heterocycles. The van der Waals surface area contributed by atoms with Crippen LogP contribution in [0, 0.1) is 13.8 Å². The molecule has 2 rings (SSSR count). The van der Waals surface area contributed by atoms with Crippen molar-refractivity contribution in [1.82, 2.24) is 10.3 Å². The minimum Gasteiger partial charge on any atom is -0.483 e.